The second kappa shape index (κ2) is 5.62. The van der Waals surface area contributed by atoms with Gasteiger partial charge < -0.3 is 5.32 Å². The van der Waals surface area contributed by atoms with Crippen LogP contribution in [0.25, 0.3) is 0 Å². The molecule has 0 aromatic carbocycles. The molecule has 0 saturated heterocycles. The van der Waals surface area contributed by atoms with Crippen LogP contribution < -0.4 is 16.6 Å². The second-order valence-electron chi connectivity index (χ2n) is 4.30. The fourth-order valence-electron chi connectivity index (χ4n) is 1.77. The third-order valence-corrected chi connectivity index (χ3v) is 2.96. The number of aromatic nitrogens is 3. The van der Waals surface area contributed by atoms with Crippen LogP contribution in [-0.4, -0.2) is 14.1 Å². The summed E-state index contributed by atoms with van der Waals surface area (Å²) in [6.07, 6.45) is 1.73. The van der Waals surface area contributed by atoms with Crippen molar-refractivity contribution in [1.29, 1.82) is 0 Å². The highest BCUT2D eigenvalue weighted by atomic mass is 16.2. The van der Waals surface area contributed by atoms with Gasteiger partial charge in [-0.25, -0.2) is 4.79 Å². The fraction of sp³-hybridized carbons (Fsp3) is 0.308. The molecule has 0 amide bonds. The van der Waals surface area contributed by atoms with Crippen molar-refractivity contribution in [3.8, 4) is 0 Å². The lowest BCUT2D eigenvalue weighted by molar-refractivity contribution is 0.597. The molecule has 2 heterocycles. The lowest BCUT2D eigenvalue weighted by Crippen LogP contribution is -2.39. The third-order valence-electron chi connectivity index (χ3n) is 2.96. The molecule has 0 saturated carbocycles. The molecule has 0 aliphatic rings. The third kappa shape index (κ3) is 2.97. The summed E-state index contributed by atoms with van der Waals surface area (Å²) < 4.78 is 2.55. The average Bonchev–Trinajstić information content (AvgIpc) is 2.43. The van der Waals surface area contributed by atoms with Crippen LogP contribution in [0.2, 0.25) is 0 Å². The van der Waals surface area contributed by atoms with E-state index in [0.717, 1.165) is 10.3 Å². The van der Waals surface area contributed by atoms with Crippen LogP contribution in [0.15, 0.2) is 40.1 Å². The predicted molar refractivity (Wildman–Crippen MR) is 71.7 cm³/mol. The average molecular weight is 260 g/mol. The van der Waals surface area contributed by atoms with Gasteiger partial charge in [0.05, 0.1) is 5.69 Å². The summed E-state index contributed by atoms with van der Waals surface area (Å²) in [5.74, 6) is 0. The van der Waals surface area contributed by atoms with Gasteiger partial charge in [0.25, 0.3) is 5.56 Å². The van der Waals surface area contributed by atoms with E-state index in [1.165, 1.54) is 17.7 Å². The van der Waals surface area contributed by atoms with E-state index in [1.54, 1.807) is 13.2 Å². The van der Waals surface area contributed by atoms with E-state index in [1.807, 2.05) is 18.2 Å². The van der Waals surface area contributed by atoms with Gasteiger partial charge in [0.2, 0.25) is 0 Å². The van der Waals surface area contributed by atoms with Crippen LogP contribution in [0.5, 0.6) is 0 Å². The molecule has 0 spiro atoms. The van der Waals surface area contributed by atoms with Gasteiger partial charge >= 0.3 is 5.69 Å². The van der Waals surface area contributed by atoms with Gasteiger partial charge in [-0.05, 0) is 12.1 Å². The van der Waals surface area contributed by atoms with Crippen molar-refractivity contribution in [1.82, 2.24) is 19.4 Å². The Balaban J connectivity index is 2.09. The van der Waals surface area contributed by atoms with Gasteiger partial charge in [-0.15, -0.1) is 0 Å². The van der Waals surface area contributed by atoms with E-state index in [-0.39, 0.29) is 11.2 Å². The lowest BCUT2D eigenvalue weighted by Gasteiger charge is -2.10. The second-order valence-corrected chi connectivity index (χ2v) is 4.30. The Morgan fingerprint density at radius 3 is 2.63 bits per heavy atom. The van der Waals surface area contributed by atoms with Crippen molar-refractivity contribution in [2.45, 2.75) is 13.1 Å². The summed E-state index contributed by atoms with van der Waals surface area (Å²) in [5, 5.41) is 3.16. The summed E-state index contributed by atoms with van der Waals surface area (Å²) >= 11 is 0. The first-order valence-electron chi connectivity index (χ1n) is 5.96. The molecular weight excluding hydrogens is 244 g/mol. The van der Waals surface area contributed by atoms with Crippen molar-refractivity contribution in [2.24, 2.45) is 14.1 Å². The van der Waals surface area contributed by atoms with E-state index in [0.29, 0.717) is 18.8 Å². The molecule has 0 aliphatic heterocycles. The molecule has 0 unspecified atom stereocenters. The molecule has 0 fully saturated rings. The molecule has 100 valence electrons. The zero-order valence-electron chi connectivity index (χ0n) is 11.0. The number of rotatable bonds is 4. The molecule has 1 N–H and O–H groups in total. The minimum Gasteiger partial charge on any atom is -0.306 e. The van der Waals surface area contributed by atoms with Crippen LogP contribution >= 0.6 is 0 Å². The molecule has 0 aliphatic carbocycles. The van der Waals surface area contributed by atoms with E-state index in [2.05, 4.69) is 10.3 Å². The van der Waals surface area contributed by atoms with Crippen molar-refractivity contribution in [3.63, 3.8) is 0 Å². The maximum Gasteiger partial charge on any atom is 0.330 e. The lowest BCUT2D eigenvalue weighted by atomic mass is 10.3. The van der Waals surface area contributed by atoms with E-state index < -0.39 is 0 Å². The first kappa shape index (κ1) is 13.2. The Hall–Kier alpha value is -2.21. The normalized spacial score (nSPS) is 10.6. The smallest absolute Gasteiger partial charge is 0.306 e. The van der Waals surface area contributed by atoms with E-state index in [9.17, 15) is 9.59 Å². The molecule has 6 nitrogen and oxygen atoms in total. The largest absolute Gasteiger partial charge is 0.330 e. The van der Waals surface area contributed by atoms with E-state index in [4.69, 9.17) is 0 Å². The van der Waals surface area contributed by atoms with Crippen molar-refractivity contribution >= 4 is 0 Å². The zero-order valence-corrected chi connectivity index (χ0v) is 11.0. The zero-order chi connectivity index (χ0) is 13.8. The first-order chi connectivity index (χ1) is 9.09. The Morgan fingerprint density at radius 1 is 1.16 bits per heavy atom. The number of nitrogens with zero attached hydrogens (tertiary/aromatic N) is 3. The van der Waals surface area contributed by atoms with Crippen LogP contribution in [0.4, 0.5) is 0 Å². The first-order valence-corrected chi connectivity index (χ1v) is 5.96. The summed E-state index contributed by atoms with van der Waals surface area (Å²) in [7, 11) is 3.12. The summed E-state index contributed by atoms with van der Waals surface area (Å²) in [6, 6.07) is 7.15. The number of pyridine rings is 1. The Kier molecular flexibility index (Phi) is 3.91. The molecule has 0 atom stereocenters. The van der Waals surface area contributed by atoms with Gasteiger partial charge in [0.1, 0.15) is 0 Å². The monoisotopic (exact) mass is 260 g/mol. The summed E-state index contributed by atoms with van der Waals surface area (Å²) in [5.41, 5.74) is 0.959. The molecule has 0 radical (unpaired) electrons. The molecule has 0 bridgehead atoms. The van der Waals surface area contributed by atoms with Crippen LogP contribution in [0.3, 0.4) is 0 Å². The Bertz CT molecular complexity index is 673. The fourth-order valence-corrected chi connectivity index (χ4v) is 1.77. The predicted octanol–water partition coefficient (Wildman–Crippen LogP) is -0.231. The molecule has 2 rings (SSSR count). The summed E-state index contributed by atoms with van der Waals surface area (Å²) in [4.78, 5) is 27.5. The van der Waals surface area contributed by atoms with Gasteiger partial charge in [0, 0.05) is 45.1 Å². The Morgan fingerprint density at radius 2 is 1.95 bits per heavy atom. The molecule has 19 heavy (non-hydrogen) atoms. The summed E-state index contributed by atoms with van der Waals surface area (Å²) in [6.45, 7) is 1.03. The number of hydrogen-bond donors (Lipinski definition) is 1. The SMILES string of the molecule is Cn1c(CNCc2ccccn2)cc(=O)n(C)c1=O. The molecular formula is C13H16N4O2. The van der Waals surface area contributed by atoms with Crippen LogP contribution in [-0.2, 0) is 27.2 Å². The maximum atomic E-state index is 11.7. The quantitative estimate of drug-likeness (QED) is 0.824. The van der Waals surface area contributed by atoms with Gasteiger partial charge in [-0.2, -0.15) is 0 Å². The Labute approximate surface area is 110 Å². The molecule has 2 aromatic rings. The standard InChI is InChI=1S/C13H16N4O2/c1-16-11(7-12(18)17(2)13(16)19)9-14-8-10-5-3-4-6-15-10/h3-7,14H,8-9H2,1-2H3. The van der Waals surface area contributed by atoms with E-state index >= 15 is 0 Å². The van der Waals surface area contributed by atoms with Crippen LogP contribution in [0.1, 0.15) is 11.4 Å². The van der Waals surface area contributed by atoms with Crippen molar-refractivity contribution < 1.29 is 0 Å². The minimum absolute atomic E-state index is 0.294. The van der Waals surface area contributed by atoms with Crippen LogP contribution in [0, 0.1) is 0 Å². The molecule has 6 heteroatoms. The molecule has 2 aromatic heterocycles. The number of hydrogen-bond acceptors (Lipinski definition) is 4. The topological polar surface area (TPSA) is 68.9 Å². The maximum absolute atomic E-state index is 11.7. The van der Waals surface area contributed by atoms with Crippen molar-refractivity contribution in [2.75, 3.05) is 0 Å². The van der Waals surface area contributed by atoms with Gasteiger partial charge in [0.15, 0.2) is 0 Å². The number of nitrogens with one attached hydrogen (secondary N) is 1. The highest BCUT2D eigenvalue weighted by Gasteiger charge is 2.05. The van der Waals surface area contributed by atoms with Gasteiger partial charge in [-0.1, -0.05) is 6.07 Å². The highest BCUT2D eigenvalue weighted by Crippen LogP contribution is 1.94. The minimum atomic E-state index is -0.317. The van der Waals surface area contributed by atoms with Crippen molar-refractivity contribution in [3.05, 3.63) is 62.7 Å². The highest BCUT2D eigenvalue weighted by molar-refractivity contribution is 5.05. The van der Waals surface area contributed by atoms with Gasteiger partial charge in [-0.3, -0.25) is 18.9 Å².